The maximum Gasteiger partial charge on any atom is 0.124 e. The molecule has 1 aromatic carbocycles. The number of ether oxygens (including phenoxy) is 1. The third kappa shape index (κ3) is 3.01. The van der Waals surface area contributed by atoms with E-state index in [-0.39, 0.29) is 5.38 Å². The molecule has 1 atom stereocenters. The van der Waals surface area contributed by atoms with Crippen molar-refractivity contribution in [1.29, 1.82) is 0 Å². The van der Waals surface area contributed by atoms with Crippen molar-refractivity contribution in [1.82, 2.24) is 15.0 Å². The molecular weight excluding hydrogens is 250 g/mol. The molecule has 96 valence electrons. The standard InChI is InChI=1S/C13H16ClN3O/c1-3-18-13-7-5-4-6-11(13)8-17-9-12(10(2)14)15-16-17/h4-7,9-10H,3,8H2,1-2H3. The van der Waals surface area contributed by atoms with Crippen molar-refractivity contribution in [2.24, 2.45) is 0 Å². The van der Waals surface area contributed by atoms with Crippen molar-refractivity contribution in [3.8, 4) is 5.75 Å². The fraction of sp³-hybridized carbons (Fsp3) is 0.385. The highest BCUT2D eigenvalue weighted by molar-refractivity contribution is 6.20. The van der Waals surface area contributed by atoms with Gasteiger partial charge in [-0.3, -0.25) is 0 Å². The van der Waals surface area contributed by atoms with Crippen LogP contribution in [0.5, 0.6) is 5.75 Å². The smallest absolute Gasteiger partial charge is 0.124 e. The predicted molar refractivity (Wildman–Crippen MR) is 71.0 cm³/mol. The summed E-state index contributed by atoms with van der Waals surface area (Å²) < 4.78 is 7.35. The second-order valence-electron chi connectivity index (χ2n) is 4.00. The minimum absolute atomic E-state index is 0.124. The van der Waals surface area contributed by atoms with Crippen LogP contribution in [0.15, 0.2) is 30.5 Å². The molecule has 1 aromatic heterocycles. The van der Waals surface area contributed by atoms with E-state index in [1.54, 1.807) is 4.68 Å². The molecule has 0 N–H and O–H groups in total. The average molecular weight is 266 g/mol. The molecule has 0 spiro atoms. The molecule has 0 amide bonds. The molecule has 4 nitrogen and oxygen atoms in total. The van der Waals surface area contributed by atoms with Crippen molar-refractivity contribution < 1.29 is 4.74 Å². The van der Waals surface area contributed by atoms with Crippen LogP contribution in [-0.2, 0) is 6.54 Å². The van der Waals surface area contributed by atoms with Gasteiger partial charge in [0.05, 0.1) is 24.7 Å². The molecule has 0 aliphatic rings. The first-order chi connectivity index (χ1) is 8.70. The Kier molecular flexibility index (Phi) is 4.20. The van der Waals surface area contributed by atoms with Gasteiger partial charge in [0.25, 0.3) is 0 Å². The first-order valence-corrected chi connectivity index (χ1v) is 6.39. The monoisotopic (exact) mass is 265 g/mol. The normalized spacial score (nSPS) is 12.4. The fourth-order valence-corrected chi connectivity index (χ4v) is 1.78. The van der Waals surface area contributed by atoms with Crippen LogP contribution in [0.25, 0.3) is 0 Å². The Bertz CT molecular complexity index is 510. The predicted octanol–water partition coefficient (Wildman–Crippen LogP) is 3.02. The van der Waals surface area contributed by atoms with Crippen LogP contribution < -0.4 is 4.74 Å². The van der Waals surface area contributed by atoms with Gasteiger partial charge >= 0.3 is 0 Å². The Hall–Kier alpha value is -1.55. The second-order valence-corrected chi connectivity index (χ2v) is 4.65. The summed E-state index contributed by atoms with van der Waals surface area (Å²) in [6.07, 6.45) is 1.86. The Morgan fingerprint density at radius 1 is 1.39 bits per heavy atom. The van der Waals surface area contributed by atoms with Crippen molar-refractivity contribution >= 4 is 11.6 Å². The highest BCUT2D eigenvalue weighted by atomic mass is 35.5. The molecule has 0 fully saturated rings. The van der Waals surface area contributed by atoms with Crippen LogP contribution in [0, 0.1) is 0 Å². The fourth-order valence-electron chi connectivity index (χ4n) is 1.68. The molecule has 0 bridgehead atoms. The molecule has 2 aromatic rings. The molecule has 1 heterocycles. The first kappa shape index (κ1) is 12.9. The van der Waals surface area contributed by atoms with Gasteiger partial charge in [0.15, 0.2) is 0 Å². The van der Waals surface area contributed by atoms with Crippen LogP contribution >= 0.6 is 11.6 Å². The largest absolute Gasteiger partial charge is 0.494 e. The molecule has 1 unspecified atom stereocenters. The SMILES string of the molecule is CCOc1ccccc1Cn1cc(C(C)Cl)nn1. The van der Waals surface area contributed by atoms with E-state index in [1.807, 2.05) is 44.3 Å². The summed E-state index contributed by atoms with van der Waals surface area (Å²) in [6, 6.07) is 7.93. The number of halogens is 1. The number of para-hydroxylation sites is 1. The summed E-state index contributed by atoms with van der Waals surface area (Å²) in [7, 11) is 0. The van der Waals surface area contributed by atoms with Gasteiger partial charge in [-0.15, -0.1) is 16.7 Å². The van der Waals surface area contributed by atoms with Gasteiger partial charge in [-0.05, 0) is 19.9 Å². The summed E-state index contributed by atoms with van der Waals surface area (Å²) in [5.74, 6) is 0.885. The third-order valence-electron chi connectivity index (χ3n) is 2.57. The van der Waals surface area contributed by atoms with E-state index in [1.165, 1.54) is 0 Å². The summed E-state index contributed by atoms with van der Waals surface area (Å²) in [5.41, 5.74) is 1.86. The maximum atomic E-state index is 5.96. The van der Waals surface area contributed by atoms with Crippen molar-refractivity contribution in [2.75, 3.05) is 6.61 Å². The van der Waals surface area contributed by atoms with Crippen molar-refractivity contribution in [2.45, 2.75) is 25.8 Å². The number of hydrogen-bond acceptors (Lipinski definition) is 3. The summed E-state index contributed by atoms with van der Waals surface area (Å²) in [6.45, 7) is 5.13. The zero-order chi connectivity index (χ0) is 13.0. The zero-order valence-electron chi connectivity index (χ0n) is 10.5. The van der Waals surface area contributed by atoms with Crippen LogP contribution in [0.3, 0.4) is 0 Å². The first-order valence-electron chi connectivity index (χ1n) is 5.95. The minimum atomic E-state index is -0.124. The van der Waals surface area contributed by atoms with Crippen LogP contribution in [0.4, 0.5) is 0 Å². The maximum absolute atomic E-state index is 5.96. The molecule has 0 saturated carbocycles. The number of hydrogen-bond donors (Lipinski definition) is 0. The molecule has 18 heavy (non-hydrogen) atoms. The van der Waals surface area contributed by atoms with Crippen molar-refractivity contribution in [3.63, 3.8) is 0 Å². The lowest BCUT2D eigenvalue weighted by molar-refractivity contribution is 0.335. The Balaban J connectivity index is 2.17. The molecular formula is C13H16ClN3O. The molecule has 0 radical (unpaired) electrons. The van der Waals surface area contributed by atoms with Gasteiger partial charge in [-0.2, -0.15) is 0 Å². The van der Waals surface area contributed by atoms with Gasteiger partial charge < -0.3 is 4.74 Å². The zero-order valence-corrected chi connectivity index (χ0v) is 11.3. The number of rotatable bonds is 5. The summed E-state index contributed by atoms with van der Waals surface area (Å²) in [5, 5.41) is 7.96. The lowest BCUT2D eigenvalue weighted by Gasteiger charge is -2.09. The summed E-state index contributed by atoms with van der Waals surface area (Å²) in [4.78, 5) is 0. The Labute approximate surface area is 112 Å². The van der Waals surface area contributed by atoms with Crippen LogP contribution in [0.1, 0.15) is 30.5 Å². The van der Waals surface area contributed by atoms with Gasteiger partial charge in [0, 0.05) is 5.56 Å². The molecule has 5 heteroatoms. The highest BCUT2D eigenvalue weighted by Crippen LogP contribution is 2.20. The van der Waals surface area contributed by atoms with Gasteiger partial charge in [-0.25, -0.2) is 4.68 Å². The molecule has 0 aliphatic heterocycles. The number of alkyl halides is 1. The topological polar surface area (TPSA) is 39.9 Å². The summed E-state index contributed by atoms with van der Waals surface area (Å²) >= 11 is 5.96. The van der Waals surface area contributed by atoms with E-state index in [9.17, 15) is 0 Å². The molecule has 2 rings (SSSR count). The minimum Gasteiger partial charge on any atom is -0.494 e. The quantitative estimate of drug-likeness (QED) is 0.780. The average Bonchev–Trinajstić information content (AvgIpc) is 2.81. The molecule has 0 saturated heterocycles. The van der Waals surface area contributed by atoms with E-state index in [0.717, 1.165) is 17.0 Å². The number of aromatic nitrogens is 3. The number of nitrogens with zero attached hydrogens (tertiary/aromatic N) is 3. The number of benzene rings is 1. The Morgan fingerprint density at radius 3 is 2.83 bits per heavy atom. The van der Waals surface area contributed by atoms with Crippen LogP contribution in [-0.4, -0.2) is 21.6 Å². The van der Waals surface area contributed by atoms with Crippen molar-refractivity contribution in [3.05, 3.63) is 41.7 Å². The van der Waals surface area contributed by atoms with E-state index in [0.29, 0.717) is 13.2 Å². The Morgan fingerprint density at radius 2 is 2.17 bits per heavy atom. The van der Waals surface area contributed by atoms with E-state index >= 15 is 0 Å². The van der Waals surface area contributed by atoms with E-state index in [4.69, 9.17) is 16.3 Å². The van der Waals surface area contributed by atoms with E-state index in [2.05, 4.69) is 10.3 Å². The molecule has 0 aliphatic carbocycles. The highest BCUT2D eigenvalue weighted by Gasteiger charge is 2.08. The second kappa shape index (κ2) is 5.87. The van der Waals surface area contributed by atoms with Gasteiger partial charge in [0.2, 0.25) is 0 Å². The lowest BCUT2D eigenvalue weighted by Crippen LogP contribution is -2.03. The van der Waals surface area contributed by atoms with Gasteiger partial charge in [0.1, 0.15) is 11.4 Å². The van der Waals surface area contributed by atoms with Crippen LogP contribution in [0.2, 0.25) is 0 Å². The van der Waals surface area contributed by atoms with Gasteiger partial charge in [-0.1, -0.05) is 23.4 Å². The third-order valence-corrected chi connectivity index (χ3v) is 2.79. The lowest BCUT2D eigenvalue weighted by atomic mass is 10.2. The van der Waals surface area contributed by atoms with E-state index < -0.39 is 0 Å².